The summed E-state index contributed by atoms with van der Waals surface area (Å²) in [6.07, 6.45) is 2.28. The largest absolute Gasteiger partial charge is 0.496 e. The molecule has 0 atom stereocenters. The molecule has 0 fully saturated rings. The molecule has 0 spiro atoms. The summed E-state index contributed by atoms with van der Waals surface area (Å²) in [5, 5.41) is 3.48. The highest BCUT2D eigenvalue weighted by Crippen LogP contribution is 2.28. The molecule has 84 valence electrons. The van der Waals surface area contributed by atoms with Gasteiger partial charge in [0.1, 0.15) is 5.75 Å². The van der Waals surface area contributed by atoms with Crippen LogP contribution < -0.4 is 10.1 Å². The van der Waals surface area contributed by atoms with Crippen LogP contribution in [-0.4, -0.2) is 13.2 Å². The molecule has 15 heavy (non-hydrogen) atoms. The maximum absolute atomic E-state index is 5.18. The van der Waals surface area contributed by atoms with Crippen molar-refractivity contribution in [2.24, 2.45) is 0 Å². The second kappa shape index (κ2) is 6.01. The van der Waals surface area contributed by atoms with Crippen molar-refractivity contribution >= 4 is 21.6 Å². The first-order chi connectivity index (χ1) is 7.21. The maximum Gasteiger partial charge on any atom is 0.133 e. The molecule has 0 saturated carbocycles. The van der Waals surface area contributed by atoms with Crippen LogP contribution in [0.2, 0.25) is 0 Å². The van der Waals surface area contributed by atoms with Gasteiger partial charge in [-0.3, -0.25) is 0 Å². The molecule has 3 heteroatoms. The first-order valence-electron chi connectivity index (χ1n) is 5.31. The summed E-state index contributed by atoms with van der Waals surface area (Å²) >= 11 is 3.48. The molecule has 0 radical (unpaired) electrons. The average Bonchev–Trinajstić information content (AvgIpc) is 2.26. The summed E-state index contributed by atoms with van der Waals surface area (Å²) in [6.45, 7) is 4.39. The summed E-state index contributed by atoms with van der Waals surface area (Å²) in [7, 11) is 1.67. The van der Waals surface area contributed by atoms with Crippen molar-refractivity contribution in [3.05, 3.63) is 22.7 Å². The van der Waals surface area contributed by atoms with E-state index in [0.717, 1.165) is 28.8 Å². The number of rotatable bonds is 5. The number of hydrogen-bond donors (Lipinski definition) is 1. The summed E-state index contributed by atoms with van der Waals surface area (Å²) in [5.41, 5.74) is 1.14. The van der Waals surface area contributed by atoms with E-state index in [1.54, 1.807) is 7.11 Å². The van der Waals surface area contributed by atoms with Gasteiger partial charge < -0.3 is 10.1 Å². The van der Waals surface area contributed by atoms with Gasteiger partial charge in [-0.15, -0.1) is 0 Å². The Morgan fingerprint density at radius 3 is 2.47 bits per heavy atom. The zero-order valence-electron chi connectivity index (χ0n) is 9.51. The van der Waals surface area contributed by atoms with Crippen LogP contribution in [0.4, 0.5) is 5.69 Å². The van der Waals surface area contributed by atoms with Crippen molar-refractivity contribution in [3.8, 4) is 5.75 Å². The Kier molecular flexibility index (Phi) is 4.95. The Labute approximate surface area is 100 Å². The third-order valence-electron chi connectivity index (χ3n) is 2.51. The van der Waals surface area contributed by atoms with Crippen molar-refractivity contribution in [1.82, 2.24) is 0 Å². The van der Waals surface area contributed by atoms with Crippen molar-refractivity contribution in [1.29, 1.82) is 0 Å². The fourth-order valence-electron chi connectivity index (χ4n) is 1.48. The predicted molar refractivity (Wildman–Crippen MR) is 68.7 cm³/mol. The molecular formula is C12H18BrNO. The van der Waals surface area contributed by atoms with E-state index in [4.69, 9.17) is 4.74 Å². The number of nitrogens with one attached hydrogen (secondary N) is 1. The lowest BCUT2D eigenvalue weighted by molar-refractivity contribution is 0.412. The second-order valence-electron chi connectivity index (χ2n) is 3.51. The van der Waals surface area contributed by atoms with E-state index in [0.29, 0.717) is 6.04 Å². The van der Waals surface area contributed by atoms with Crippen LogP contribution in [0.1, 0.15) is 26.7 Å². The van der Waals surface area contributed by atoms with Crippen LogP contribution in [0.5, 0.6) is 5.75 Å². The lowest BCUT2D eigenvalue weighted by Gasteiger charge is -2.16. The first-order valence-corrected chi connectivity index (χ1v) is 6.10. The summed E-state index contributed by atoms with van der Waals surface area (Å²) in [6, 6.07) is 6.61. The van der Waals surface area contributed by atoms with Crippen LogP contribution in [-0.2, 0) is 0 Å². The Balaban J connectivity index is 2.74. The molecule has 1 aromatic carbocycles. The molecule has 0 aliphatic carbocycles. The average molecular weight is 272 g/mol. The fourth-order valence-corrected chi connectivity index (χ4v) is 2.03. The van der Waals surface area contributed by atoms with Crippen LogP contribution in [0.3, 0.4) is 0 Å². The predicted octanol–water partition coefficient (Wildman–Crippen LogP) is 4.06. The lowest BCUT2D eigenvalue weighted by atomic mass is 10.1. The van der Waals surface area contributed by atoms with Crippen molar-refractivity contribution in [2.45, 2.75) is 32.7 Å². The van der Waals surface area contributed by atoms with E-state index >= 15 is 0 Å². The number of hydrogen-bond acceptors (Lipinski definition) is 2. The second-order valence-corrected chi connectivity index (χ2v) is 4.36. The highest BCUT2D eigenvalue weighted by atomic mass is 79.9. The Bertz CT molecular complexity index is 310. The molecule has 2 nitrogen and oxygen atoms in total. The van der Waals surface area contributed by atoms with Crippen LogP contribution in [0, 0.1) is 0 Å². The van der Waals surface area contributed by atoms with Gasteiger partial charge in [-0.1, -0.05) is 13.8 Å². The topological polar surface area (TPSA) is 21.3 Å². The molecule has 0 aliphatic rings. The highest BCUT2D eigenvalue weighted by Gasteiger charge is 2.05. The van der Waals surface area contributed by atoms with E-state index < -0.39 is 0 Å². The normalized spacial score (nSPS) is 10.5. The van der Waals surface area contributed by atoms with Crippen molar-refractivity contribution in [3.63, 3.8) is 0 Å². The molecule has 0 heterocycles. The van der Waals surface area contributed by atoms with Gasteiger partial charge in [-0.05, 0) is 47.0 Å². The first kappa shape index (κ1) is 12.4. The lowest BCUT2D eigenvalue weighted by Crippen LogP contribution is -2.16. The summed E-state index contributed by atoms with van der Waals surface area (Å²) in [5.74, 6) is 0.866. The van der Waals surface area contributed by atoms with Gasteiger partial charge in [-0.2, -0.15) is 0 Å². The Morgan fingerprint density at radius 2 is 2.00 bits per heavy atom. The molecule has 1 aromatic rings. The third kappa shape index (κ3) is 3.42. The van der Waals surface area contributed by atoms with E-state index in [1.807, 2.05) is 12.1 Å². The molecule has 0 aliphatic heterocycles. The number of halogens is 1. The quantitative estimate of drug-likeness (QED) is 0.872. The molecular weight excluding hydrogens is 254 g/mol. The van der Waals surface area contributed by atoms with Gasteiger partial charge in [0, 0.05) is 11.7 Å². The molecule has 0 amide bonds. The van der Waals surface area contributed by atoms with Gasteiger partial charge >= 0.3 is 0 Å². The molecule has 0 saturated heterocycles. The minimum atomic E-state index is 0.547. The Hall–Kier alpha value is -0.700. The fraction of sp³-hybridized carbons (Fsp3) is 0.500. The van der Waals surface area contributed by atoms with Gasteiger partial charge in [0.2, 0.25) is 0 Å². The summed E-state index contributed by atoms with van der Waals surface area (Å²) in [4.78, 5) is 0. The molecule has 0 bridgehead atoms. The van der Waals surface area contributed by atoms with E-state index in [-0.39, 0.29) is 0 Å². The zero-order valence-corrected chi connectivity index (χ0v) is 11.1. The summed E-state index contributed by atoms with van der Waals surface area (Å²) < 4.78 is 6.17. The van der Waals surface area contributed by atoms with Gasteiger partial charge in [0.15, 0.2) is 0 Å². The third-order valence-corrected chi connectivity index (χ3v) is 3.13. The van der Waals surface area contributed by atoms with E-state index in [9.17, 15) is 0 Å². The zero-order chi connectivity index (χ0) is 11.3. The van der Waals surface area contributed by atoms with E-state index in [2.05, 4.69) is 41.2 Å². The van der Waals surface area contributed by atoms with Crippen LogP contribution in [0.15, 0.2) is 22.7 Å². The molecule has 1 N–H and O–H groups in total. The van der Waals surface area contributed by atoms with Gasteiger partial charge in [-0.25, -0.2) is 0 Å². The number of methoxy groups -OCH3 is 1. The minimum Gasteiger partial charge on any atom is -0.496 e. The minimum absolute atomic E-state index is 0.547. The van der Waals surface area contributed by atoms with Crippen molar-refractivity contribution in [2.75, 3.05) is 12.4 Å². The molecule has 1 rings (SSSR count). The number of benzene rings is 1. The number of anilines is 1. The smallest absolute Gasteiger partial charge is 0.133 e. The maximum atomic E-state index is 5.18. The van der Waals surface area contributed by atoms with Gasteiger partial charge in [0.05, 0.1) is 11.6 Å². The molecule has 0 unspecified atom stereocenters. The van der Waals surface area contributed by atoms with E-state index in [1.165, 1.54) is 0 Å². The van der Waals surface area contributed by atoms with Crippen LogP contribution >= 0.6 is 15.9 Å². The monoisotopic (exact) mass is 271 g/mol. The standard InChI is InChI=1S/C12H18BrNO/c1-4-9(5-2)14-10-6-7-12(15-3)11(13)8-10/h6-9,14H,4-5H2,1-3H3. The Morgan fingerprint density at radius 1 is 1.33 bits per heavy atom. The highest BCUT2D eigenvalue weighted by molar-refractivity contribution is 9.10. The van der Waals surface area contributed by atoms with Crippen molar-refractivity contribution < 1.29 is 4.74 Å². The number of ether oxygens (including phenoxy) is 1. The molecule has 0 aromatic heterocycles. The SMILES string of the molecule is CCC(CC)Nc1ccc(OC)c(Br)c1. The van der Waals surface area contributed by atoms with Crippen LogP contribution in [0.25, 0.3) is 0 Å². The van der Waals surface area contributed by atoms with Gasteiger partial charge in [0.25, 0.3) is 0 Å².